The van der Waals surface area contributed by atoms with Gasteiger partial charge in [0.15, 0.2) is 0 Å². The molecule has 0 saturated carbocycles. The van der Waals surface area contributed by atoms with Crippen LogP contribution in [0.15, 0.2) is 12.3 Å². The van der Waals surface area contributed by atoms with Crippen LogP contribution in [0.2, 0.25) is 0 Å². The molecule has 4 heterocycles. The van der Waals surface area contributed by atoms with Crippen molar-refractivity contribution >= 4 is 16.9 Å². The van der Waals surface area contributed by atoms with Crippen molar-refractivity contribution in [1.29, 1.82) is 0 Å². The highest BCUT2D eigenvalue weighted by atomic mass is 16.2. The summed E-state index contributed by atoms with van der Waals surface area (Å²) in [5.74, 6) is 1.58. The molecule has 21 heavy (non-hydrogen) atoms. The predicted octanol–water partition coefficient (Wildman–Crippen LogP) is 2.52. The Morgan fingerprint density at radius 2 is 2.05 bits per heavy atom. The largest absolute Gasteiger partial charge is 0.342 e. The number of aromatic nitrogens is 3. The van der Waals surface area contributed by atoms with E-state index in [1.165, 1.54) is 0 Å². The fourth-order valence-electron chi connectivity index (χ4n) is 4.29. The topological polar surface area (TPSA) is 61.9 Å². The van der Waals surface area contributed by atoms with E-state index in [-0.39, 0.29) is 5.91 Å². The molecule has 0 aromatic carbocycles. The van der Waals surface area contributed by atoms with Gasteiger partial charge in [-0.3, -0.25) is 9.78 Å². The summed E-state index contributed by atoms with van der Waals surface area (Å²) < 4.78 is 0. The van der Waals surface area contributed by atoms with Crippen molar-refractivity contribution in [3.63, 3.8) is 0 Å². The van der Waals surface area contributed by atoms with Crippen LogP contribution in [0.5, 0.6) is 0 Å². The Hall–Kier alpha value is -1.91. The first-order chi connectivity index (χ1) is 10.1. The first-order valence-electron chi connectivity index (χ1n) is 7.73. The molecule has 1 amide bonds. The van der Waals surface area contributed by atoms with E-state index in [9.17, 15) is 4.79 Å². The third kappa shape index (κ3) is 1.94. The van der Waals surface area contributed by atoms with Crippen molar-refractivity contribution in [3.05, 3.63) is 23.8 Å². The number of carbonyl (C=O) groups excluding carboxylic acids is 1. The highest BCUT2D eigenvalue weighted by Gasteiger charge is 2.43. The summed E-state index contributed by atoms with van der Waals surface area (Å²) >= 11 is 0. The minimum Gasteiger partial charge on any atom is -0.342 e. The summed E-state index contributed by atoms with van der Waals surface area (Å²) in [6, 6.07) is 2.77. The van der Waals surface area contributed by atoms with Crippen LogP contribution in [-0.2, 0) is 4.79 Å². The molecule has 2 aromatic rings. The van der Waals surface area contributed by atoms with E-state index in [0.717, 1.165) is 48.2 Å². The molecule has 0 spiro atoms. The van der Waals surface area contributed by atoms with Crippen molar-refractivity contribution in [2.45, 2.75) is 57.5 Å². The van der Waals surface area contributed by atoms with E-state index < -0.39 is 0 Å². The molecule has 2 bridgehead atoms. The summed E-state index contributed by atoms with van der Waals surface area (Å²) in [5.41, 5.74) is 3.19. The lowest BCUT2D eigenvalue weighted by atomic mass is 9.87. The second-order valence-electron chi connectivity index (χ2n) is 6.39. The second-order valence-corrected chi connectivity index (χ2v) is 6.39. The molecule has 4 rings (SSSR count). The Kier molecular flexibility index (Phi) is 2.77. The third-order valence-electron chi connectivity index (χ3n) is 5.03. The van der Waals surface area contributed by atoms with E-state index in [2.05, 4.69) is 19.9 Å². The van der Waals surface area contributed by atoms with Crippen molar-refractivity contribution in [3.8, 4) is 0 Å². The van der Waals surface area contributed by atoms with E-state index in [4.69, 9.17) is 0 Å². The summed E-state index contributed by atoms with van der Waals surface area (Å²) in [6.07, 6.45) is 6.18. The van der Waals surface area contributed by atoms with Gasteiger partial charge in [0.2, 0.25) is 5.91 Å². The number of nitrogens with one attached hydrogen (secondary N) is 1. The van der Waals surface area contributed by atoms with Crippen molar-refractivity contribution in [2.24, 2.45) is 0 Å². The van der Waals surface area contributed by atoms with E-state index >= 15 is 0 Å². The molecular formula is C16H20N4O. The van der Waals surface area contributed by atoms with Gasteiger partial charge in [-0.2, -0.15) is 0 Å². The number of aryl methyl sites for hydroxylation is 1. The Morgan fingerprint density at radius 1 is 1.33 bits per heavy atom. The van der Waals surface area contributed by atoms with Crippen LogP contribution < -0.4 is 0 Å². The average molecular weight is 284 g/mol. The first-order valence-corrected chi connectivity index (χ1v) is 7.73. The van der Waals surface area contributed by atoms with Crippen molar-refractivity contribution in [2.75, 3.05) is 0 Å². The highest BCUT2D eigenvalue weighted by molar-refractivity contribution is 5.78. The van der Waals surface area contributed by atoms with Crippen LogP contribution in [0.3, 0.4) is 0 Å². The number of aromatic amines is 1. The van der Waals surface area contributed by atoms with Gasteiger partial charge in [0.05, 0.1) is 11.2 Å². The lowest BCUT2D eigenvalue weighted by Gasteiger charge is -2.38. The molecule has 2 fully saturated rings. The molecule has 1 N–H and O–H groups in total. The highest BCUT2D eigenvalue weighted by Crippen LogP contribution is 2.43. The van der Waals surface area contributed by atoms with Gasteiger partial charge in [-0.25, -0.2) is 4.98 Å². The number of carbonyl (C=O) groups is 1. The fraction of sp³-hybridized carbons (Fsp3) is 0.562. The third-order valence-corrected chi connectivity index (χ3v) is 5.03. The minimum atomic E-state index is 0.225. The smallest absolute Gasteiger partial charge is 0.219 e. The maximum Gasteiger partial charge on any atom is 0.219 e. The Morgan fingerprint density at radius 3 is 2.71 bits per heavy atom. The molecule has 2 aromatic heterocycles. The summed E-state index contributed by atoms with van der Waals surface area (Å²) in [5, 5.41) is 0. The summed E-state index contributed by atoms with van der Waals surface area (Å²) in [7, 11) is 0. The van der Waals surface area contributed by atoms with Crippen LogP contribution in [0, 0.1) is 6.92 Å². The van der Waals surface area contributed by atoms with E-state index in [1.54, 1.807) is 6.92 Å². The van der Waals surface area contributed by atoms with Gasteiger partial charge in [-0.15, -0.1) is 0 Å². The van der Waals surface area contributed by atoms with Gasteiger partial charge >= 0.3 is 0 Å². The molecule has 2 atom stereocenters. The van der Waals surface area contributed by atoms with Gasteiger partial charge in [-0.1, -0.05) is 0 Å². The Bertz CT molecular complexity index is 693. The molecule has 2 saturated heterocycles. The van der Waals surface area contributed by atoms with Crippen molar-refractivity contribution < 1.29 is 4.79 Å². The number of fused-ring (bicyclic) bond motifs is 3. The number of H-pyrrole nitrogens is 1. The molecule has 5 nitrogen and oxygen atoms in total. The lowest BCUT2D eigenvalue weighted by Crippen LogP contribution is -2.45. The first kappa shape index (κ1) is 12.8. The number of hydrogen-bond donors (Lipinski definition) is 1. The van der Waals surface area contributed by atoms with Gasteiger partial charge in [0.1, 0.15) is 11.3 Å². The lowest BCUT2D eigenvalue weighted by molar-refractivity contribution is -0.133. The molecule has 5 heteroatoms. The standard InChI is InChI=1S/C16H20N4O/c1-9-18-14-5-6-17-15(16(14)19-9)11-7-12-3-4-13(8-11)20(12)10(2)21/h5-6,11-13H,3-4,7-8H2,1-2H3,(H,18,19). The fourth-order valence-corrected chi connectivity index (χ4v) is 4.29. The van der Waals surface area contributed by atoms with Gasteiger partial charge in [0, 0.05) is 31.1 Å². The molecule has 0 radical (unpaired) electrons. The second kappa shape index (κ2) is 4.55. The number of piperidine rings is 1. The van der Waals surface area contributed by atoms with Gasteiger partial charge in [-0.05, 0) is 38.7 Å². The molecular weight excluding hydrogens is 264 g/mol. The Balaban J connectivity index is 1.70. The summed E-state index contributed by atoms with van der Waals surface area (Å²) in [4.78, 5) is 26.4. The summed E-state index contributed by atoms with van der Waals surface area (Å²) in [6.45, 7) is 3.67. The normalized spacial score (nSPS) is 28.3. The maximum absolute atomic E-state index is 11.8. The monoisotopic (exact) mass is 284 g/mol. The quantitative estimate of drug-likeness (QED) is 0.875. The molecule has 2 aliphatic rings. The van der Waals surface area contributed by atoms with E-state index in [1.807, 2.05) is 19.2 Å². The zero-order valence-corrected chi connectivity index (χ0v) is 12.5. The molecule has 0 aliphatic carbocycles. The molecule has 2 unspecified atom stereocenters. The molecule has 2 aliphatic heterocycles. The zero-order chi connectivity index (χ0) is 14.6. The molecule has 110 valence electrons. The predicted molar refractivity (Wildman–Crippen MR) is 79.9 cm³/mol. The number of rotatable bonds is 1. The minimum absolute atomic E-state index is 0.225. The van der Waals surface area contributed by atoms with Crippen molar-refractivity contribution in [1.82, 2.24) is 19.9 Å². The number of imidazole rings is 1. The van der Waals surface area contributed by atoms with Crippen LogP contribution in [0.4, 0.5) is 0 Å². The number of hydrogen-bond acceptors (Lipinski definition) is 3. The zero-order valence-electron chi connectivity index (χ0n) is 12.5. The van der Waals surface area contributed by atoms with E-state index in [0.29, 0.717) is 18.0 Å². The van der Waals surface area contributed by atoms with Gasteiger partial charge < -0.3 is 9.88 Å². The average Bonchev–Trinajstić information content (AvgIpc) is 2.95. The maximum atomic E-state index is 11.8. The number of amides is 1. The van der Waals surface area contributed by atoms with Crippen LogP contribution in [-0.4, -0.2) is 37.8 Å². The Labute approximate surface area is 123 Å². The van der Waals surface area contributed by atoms with Crippen LogP contribution in [0.25, 0.3) is 11.0 Å². The van der Waals surface area contributed by atoms with Crippen LogP contribution in [0.1, 0.15) is 50.0 Å². The number of pyridine rings is 1. The number of nitrogens with zero attached hydrogens (tertiary/aromatic N) is 3. The SMILES string of the molecule is CC(=O)N1C2CCC1CC(c1nccc3[nH]c(C)nc13)C2. The van der Waals surface area contributed by atoms with Crippen LogP contribution >= 0.6 is 0 Å². The van der Waals surface area contributed by atoms with Gasteiger partial charge in [0.25, 0.3) is 0 Å².